The summed E-state index contributed by atoms with van der Waals surface area (Å²) in [5.41, 5.74) is 7.05. The summed E-state index contributed by atoms with van der Waals surface area (Å²) < 4.78 is 15.7. The van der Waals surface area contributed by atoms with Crippen LogP contribution in [0.25, 0.3) is 0 Å². The molecule has 0 bridgehead atoms. The summed E-state index contributed by atoms with van der Waals surface area (Å²) in [4.78, 5) is 34.3. The Morgan fingerprint density at radius 2 is 1.75 bits per heavy atom. The van der Waals surface area contributed by atoms with Gasteiger partial charge in [0, 0.05) is 31.9 Å². The van der Waals surface area contributed by atoms with Gasteiger partial charge in [0.25, 0.3) is 0 Å². The van der Waals surface area contributed by atoms with Crippen LogP contribution >= 0.6 is 11.8 Å². The third kappa shape index (κ3) is 13.2. The average Bonchev–Trinajstić information content (AvgIpc) is 2.72. The molecule has 0 aromatic heterocycles. The molecule has 2 atom stereocenters. The molecule has 8 nitrogen and oxygen atoms in total. The van der Waals surface area contributed by atoms with Crippen molar-refractivity contribution in [1.82, 2.24) is 5.32 Å². The molecular formula is C23H36N2O6S. The molecule has 1 aromatic rings. The van der Waals surface area contributed by atoms with Gasteiger partial charge >= 0.3 is 11.9 Å². The molecule has 0 spiro atoms. The van der Waals surface area contributed by atoms with Gasteiger partial charge in [0.05, 0.1) is 12.6 Å². The second kappa shape index (κ2) is 15.5. The van der Waals surface area contributed by atoms with E-state index in [0.29, 0.717) is 37.0 Å². The van der Waals surface area contributed by atoms with Crippen LogP contribution in [0.2, 0.25) is 0 Å². The van der Waals surface area contributed by atoms with Crippen LogP contribution in [0.3, 0.4) is 0 Å². The average molecular weight is 469 g/mol. The van der Waals surface area contributed by atoms with E-state index in [4.69, 9.17) is 19.9 Å². The molecule has 0 saturated heterocycles. The standard InChI is InChI=1S/C23H36N2O6S/c1-16(2)10-12-29-20-7-5-19(6-8-20)9-11-25-23(28)22(24)15-32-14-21(31-18(4)27)13-30-17(3)26/h5-8,16,21-22H,9-15,24H2,1-4H3,(H,25,28)/t21-,22+/m1/s1. The van der Waals surface area contributed by atoms with Gasteiger partial charge in [-0.15, -0.1) is 0 Å². The third-order valence-corrected chi connectivity index (χ3v) is 5.55. The third-order valence-electron chi connectivity index (χ3n) is 4.34. The first-order chi connectivity index (χ1) is 15.2. The Kier molecular flexibility index (Phi) is 13.5. The first kappa shape index (κ1) is 27.8. The van der Waals surface area contributed by atoms with Crippen LogP contribution in [0.4, 0.5) is 0 Å². The summed E-state index contributed by atoms with van der Waals surface area (Å²) in [7, 11) is 0. The molecule has 32 heavy (non-hydrogen) atoms. The lowest BCUT2D eigenvalue weighted by molar-refractivity contribution is -0.154. The smallest absolute Gasteiger partial charge is 0.303 e. The van der Waals surface area contributed by atoms with Gasteiger partial charge in [0.2, 0.25) is 5.91 Å². The van der Waals surface area contributed by atoms with Crippen LogP contribution in [0.1, 0.15) is 39.7 Å². The van der Waals surface area contributed by atoms with E-state index in [1.165, 1.54) is 25.6 Å². The van der Waals surface area contributed by atoms with Crippen molar-refractivity contribution >= 4 is 29.6 Å². The highest BCUT2D eigenvalue weighted by Crippen LogP contribution is 2.14. The molecule has 0 fully saturated rings. The fourth-order valence-electron chi connectivity index (χ4n) is 2.59. The van der Waals surface area contributed by atoms with E-state index < -0.39 is 24.1 Å². The molecule has 0 heterocycles. The zero-order valence-electron chi connectivity index (χ0n) is 19.4. The lowest BCUT2D eigenvalue weighted by Gasteiger charge is -2.17. The van der Waals surface area contributed by atoms with Crippen LogP contribution in [0, 0.1) is 5.92 Å². The molecule has 0 aliphatic heterocycles. The summed E-state index contributed by atoms with van der Waals surface area (Å²) in [5.74, 6) is 1.04. The van der Waals surface area contributed by atoms with Crippen molar-refractivity contribution in [3.63, 3.8) is 0 Å². The molecule has 0 radical (unpaired) electrons. The van der Waals surface area contributed by atoms with Gasteiger partial charge in [0.15, 0.2) is 0 Å². The summed E-state index contributed by atoms with van der Waals surface area (Å²) >= 11 is 1.36. The van der Waals surface area contributed by atoms with Gasteiger partial charge in [-0.25, -0.2) is 0 Å². The maximum Gasteiger partial charge on any atom is 0.303 e. The second-order valence-corrected chi connectivity index (χ2v) is 8.97. The predicted octanol–water partition coefficient (Wildman–Crippen LogP) is 2.33. The Balaban J connectivity index is 2.29. The number of nitrogens with two attached hydrogens (primary N) is 1. The number of nitrogens with one attached hydrogen (secondary N) is 1. The van der Waals surface area contributed by atoms with Crippen LogP contribution < -0.4 is 15.8 Å². The van der Waals surface area contributed by atoms with Gasteiger partial charge in [-0.1, -0.05) is 26.0 Å². The van der Waals surface area contributed by atoms with Crippen LogP contribution in [0.15, 0.2) is 24.3 Å². The lowest BCUT2D eigenvalue weighted by Crippen LogP contribution is -2.43. The van der Waals surface area contributed by atoms with Gasteiger partial charge < -0.3 is 25.3 Å². The van der Waals surface area contributed by atoms with E-state index in [-0.39, 0.29) is 12.5 Å². The molecular weight excluding hydrogens is 432 g/mol. The summed E-state index contributed by atoms with van der Waals surface area (Å²) in [5, 5.41) is 2.84. The second-order valence-electron chi connectivity index (χ2n) is 7.89. The van der Waals surface area contributed by atoms with Crippen molar-refractivity contribution in [3.05, 3.63) is 29.8 Å². The van der Waals surface area contributed by atoms with Gasteiger partial charge in [0.1, 0.15) is 18.5 Å². The van der Waals surface area contributed by atoms with E-state index >= 15 is 0 Å². The van der Waals surface area contributed by atoms with Gasteiger partial charge in [-0.3, -0.25) is 14.4 Å². The predicted molar refractivity (Wildman–Crippen MR) is 126 cm³/mol. The van der Waals surface area contributed by atoms with Crippen molar-refractivity contribution in [2.45, 2.75) is 52.7 Å². The normalized spacial score (nSPS) is 12.7. The SMILES string of the molecule is CC(=O)OC[C@H](CSC[C@H](N)C(=O)NCCc1ccc(OCCC(C)C)cc1)OC(C)=O. The molecule has 0 aliphatic carbocycles. The number of benzene rings is 1. The van der Waals surface area contributed by atoms with Crippen molar-refractivity contribution < 1.29 is 28.6 Å². The zero-order chi connectivity index (χ0) is 23.9. The summed E-state index contributed by atoms with van der Waals surface area (Å²) in [6.07, 6.45) is 1.13. The number of hydrogen-bond acceptors (Lipinski definition) is 8. The van der Waals surface area contributed by atoms with Crippen molar-refractivity contribution in [1.29, 1.82) is 0 Å². The van der Waals surface area contributed by atoms with Gasteiger partial charge in [-0.05, 0) is 36.5 Å². The van der Waals surface area contributed by atoms with E-state index in [1.54, 1.807) is 0 Å². The highest BCUT2D eigenvalue weighted by molar-refractivity contribution is 7.99. The van der Waals surface area contributed by atoms with Crippen molar-refractivity contribution in [3.8, 4) is 5.75 Å². The Morgan fingerprint density at radius 3 is 2.34 bits per heavy atom. The van der Waals surface area contributed by atoms with Crippen LogP contribution in [0.5, 0.6) is 5.75 Å². The highest BCUT2D eigenvalue weighted by atomic mass is 32.2. The molecule has 180 valence electrons. The fourth-order valence-corrected chi connectivity index (χ4v) is 3.56. The number of thioether (sulfide) groups is 1. The van der Waals surface area contributed by atoms with Gasteiger partial charge in [-0.2, -0.15) is 11.8 Å². The number of carbonyl (C=O) groups is 3. The van der Waals surface area contributed by atoms with E-state index in [0.717, 1.165) is 17.7 Å². The highest BCUT2D eigenvalue weighted by Gasteiger charge is 2.17. The van der Waals surface area contributed by atoms with Crippen LogP contribution in [-0.4, -0.2) is 61.3 Å². The molecule has 0 unspecified atom stereocenters. The van der Waals surface area contributed by atoms with Crippen molar-refractivity contribution in [2.24, 2.45) is 11.7 Å². The minimum Gasteiger partial charge on any atom is -0.494 e. The Hall–Kier alpha value is -2.26. The monoisotopic (exact) mass is 468 g/mol. The first-order valence-electron chi connectivity index (χ1n) is 10.8. The molecule has 0 aliphatic rings. The lowest BCUT2D eigenvalue weighted by atomic mass is 10.1. The number of hydrogen-bond donors (Lipinski definition) is 2. The molecule has 3 N–H and O–H groups in total. The maximum absolute atomic E-state index is 12.2. The molecule has 1 aromatic carbocycles. The Bertz CT molecular complexity index is 711. The fraction of sp³-hybridized carbons (Fsp3) is 0.609. The van der Waals surface area contributed by atoms with E-state index in [1.807, 2.05) is 24.3 Å². The first-order valence-corrected chi connectivity index (χ1v) is 12.0. The number of ether oxygens (including phenoxy) is 3. The number of esters is 2. The zero-order valence-corrected chi connectivity index (χ0v) is 20.2. The topological polar surface area (TPSA) is 117 Å². The molecule has 1 amide bonds. The minimum atomic E-state index is -0.691. The summed E-state index contributed by atoms with van der Waals surface area (Å²) in [6.45, 7) is 8.06. The van der Waals surface area contributed by atoms with Crippen LogP contribution in [-0.2, 0) is 30.3 Å². The Labute approximate surface area is 194 Å². The number of amides is 1. The molecule has 0 saturated carbocycles. The molecule has 1 rings (SSSR count). The minimum absolute atomic E-state index is 0.0229. The maximum atomic E-state index is 12.2. The number of rotatable bonds is 15. The summed E-state index contributed by atoms with van der Waals surface area (Å²) in [6, 6.07) is 7.17. The quantitative estimate of drug-likeness (QED) is 0.377. The largest absolute Gasteiger partial charge is 0.494 e. The van der Waals surface area contributed by atoms with E-state index in [9.17, 15) is 14.4 Å². The Morgan fingerprint density at radius 1 is 1.06 bits per heavy atom. The molecule has 9 heteroatoms. The van der Waals surface area contributed by atoms with Crippen molar-refractivity contribution in [2.75, 3.05) is 31.3 Å². The number of carbonyl (C=O) groups excluding carboxylic acids is 3. The van der Waals surface area contributed by atoms with E-state index in [2.05, 4.69) is 19.2 Å².